The molecule has 0 aliphatic carbocycles. The van der Waals surface area contributed by atoms with Crippen LogP contribution in [0.25, 0.3) is 16.8 Å². The minimum Gasteiger partial charge on any atom is -0.366 e. The van der Waals surface area contributed by atoms with Crippen molar-refractivity contribution in [1.29, 1.82) is 5.26 Å². The summed E-state index contributed by atoms with van der Waals surface area (Å²) >= 11 is 1.30. The third-order valence-electron chi connectivity index (χ3n) is 3.56. The average Bonchev–Trinajstić information content (AvgIpc) is 3.13. The molecule has 0 atom stereocenters. The number of carbonyl (C=O) groups excluding carboxylic acids is 1. The van der Waals surface area contributed by atoms with Crippen LogP contribution in [-0.2, 0) is 0 Å². The van der Waals surface area contributed by atoms with Crippen LogP contribution in [0.1, 0.15) is 15.4 Å². The Morgan fingerprint density at radius 3 is 2.65 bits per heavy atom. The van der Waals surface area contributed by atoms with E-state index in [1.165, 1.54) is 29.7 Å². The van der Waals surface area contributed by atoms with E-state index in [-0.39, 0.29) is 5.82 Å². The van der Waals surface area contributed by atoms with E-state index in [0.29, 0.717) is 27.5 Å². The molecule has 1 aromatic heterocycles. The monoisotopic (exact) mass is 364 g/mol. The number of hydrogen-bond donors (Lipinski definition) is 2. The number of para-hydroxylation sites is 1. The van der Waals surface area contributed by atoms with Crippen molar-refractivity contribution in [2.45, 2.75) is 0 Å². The fraction of sp³-hybridized carbons (Fsp3) is 0. The largest absolute Gasteiger partial charge is 0.366 e. The number of thiazole rings is 1. The molecule has 3 aromatic rings. The maximum atomic E-state index is 13.0. The van der Waals surface area contributed by atoms with Gasteiger partial charge in [0.25, 0.3) is 5.91 Å². The van der Waals surface area contributed by atoms with Crippen molar-refractivity contribution < 1.29 is 9.18 Å². The van der Waals surface area contributed by atoms with E-state index < -0.39 is 5.91 Å². The average molecular weight is 364 g/mol. The molecule has 0 bridgehead atoms. The Kier molecular flexibility index (Phi) is 5.06. The van der Waals surface area contributed by atoms with Gasteiger partial charge in [-0.2, -0.15) is 5.26 Å². The zero-order valence-electron chi connectivity index (χ0n) is 13.4. The standard InChI is InChI=1S/C19H13FN4OS/c20-14-7-5-12(6-8-14)17-11-26-19(24-17)13(9-21)10-23-16-4-2-1-3-15(16)18(22)25/h1-8,10-11,23H,(H2,22,25)/b13-10+. The number of aromatic nitrogens is 1. The fourth-order valence-electron chi connectivity index (χ4n) is 2.27. The molecule has 26 heavy (non-hydrogen) atoms. The Morgan fingerprint density at radius 1 is 1.23 bits per heavy atom. The van der Waals surface area contributed by atoms with Crippen LogP contribution in [0.4, 0.5) is 10.1 Å². The molecule has 0 spiro atoms. The van der Waals surface area contributed by atoms with E-state index in [2.05, 4.69) is 16.4 Å². The first-order chi connectivity index (χ1) is 12.6. The second kappa shape index (κ2) is 7.59. The molecule has 128 valence electrons. The lowest BCUT2D eigenvalue weighted by molar-refractivity contribution is 0.100. The summed E-state index contributed by atoms with van der Waals surface area (Å²) in [5, 5.41) is 14.7. The number of benzene rings is 2. The van der Waals surface area contributed by atoms with E-state index in [9.17, 15) is 14.4 Å². The number of primary amides is 1. The summed E-state index contributed by atoms with van der Waals surface area (Å²) in [4.78, 5) is 15.9. The van der Waals surface area contributed by atoms with Gasteiger partial charge in [-0.3, -0.25) is 4.79 Å². The highest BCUT2D eigenvalue weighted by atomic mass is 32.1. The van der Waals surface area contributed by atoms with Crippen LogP contribution in [0.3, 0.4) is 0 Å². The lowest BCUT2D eigenvalue weighted by Gasteiger charge is -2.06. The maximum absolute atomic E-state index is 13.0. The molecule has 0 saturated heterocycles. The highest BCUT2D eigenvalue weighted by Gasteiger charge is 2.10. The number of hydrogen-bond acceptors (Lipinski definition) is 5. The number of nitriles is 1. The van der Waals surface area contributed by atoms with Crippen LogP contribution < -0.4 is 11.1 Å². The summed E-state index contributed by atoms with van der Waals surface area (Å²) in [5.41, 5.74) is 7.90. The number of nitrogens with one attached hydrogen (secondary N) is 1. The van der Waals surface area contributed by atoms with Crippen molar-refractivity contribution in [3.05, 3.63) is 76.5 Å². The van der Waals surface area contributed by atoms with Crippen molar-refractivity contribution in [2.75, 3.05) is 5.32 Å². The smallest absolute Gasteiger partial charge is 0.250 e. The summed E-state index contributed by atoms with van der Waals surface area (Å²) in [6, 6.07) is 14.8. The predicted octanol–water partition coefficient (Wildman–Crippen LogP) is 4.02. The fourth-order valence-corrected chi connectivity index (χ4v) is 3.06. The minimum atomic E-state index is -0.562. The highest BCUT2D eigenvalue weighted by Crippen LogP contribution is 2.26. The second-order valence-electron chi connectivity index (χ2n) is 5.27. The molecular weight excluding hydrogens is 351 g/mol. The Balaban J connectivity index is 1.86. The Hall–Kier alpha value is -3.50. The molecule has 0 aliphatic heterocycles. The number of amides is 1. The molecule has 7 heteroatoms. The summed E-state index contributed by atoms with van der Waals surface area (Å²) in [6.45, 7) is 0. The van der Waals surface area contributed by atoms with Gasteiger partial charge < -0.3 is 11.1 Å². The number of halogens is 1. The van der Waals surface area contributed by atoms with Gasteiger partial charge in [-0.05, 0) is 36.4 Å². The van der Waals surface area contributed by atoms with Crippen LogP contribution in [0, 0.1) is 17.1 Å². The van der Waals surface area contributed by atoms with Crippen molar-refractivity contribution in [1.82, 2.24) is 4.98 Å². The van der Waals surface area contributed by atoms with Crippen LogP contribution >= 0.6 is 11.3 Å². The number of carbonyl (C=O) groups is 1. The van der Waals surface area contributed by atoms with Crippen LogP contribution in [0.15, 0.2) is 60.1 Å². The van der Waals surface area contributed by atoms with Gasteiger partial charge in [0.1, 0.15) is 22.5 Å². The SMILES string of the molecule is N#C/C(=C\Nc1ccccc1C(N)=O)c1nc(-c2ccc(F)cc2)cs1. The Bertz CT molecular complexity index is 1020. The number of nitrogens with two attached hydrogens (primary N) is 1. The maximum Gasteiger partial charge on any atom is 0.250 e. The summed E-state index contributed by atoms with van der Waals surface area (Å²) < 4.78 is 13.0. The first-order valence-electron chi connectivity index (χ1n) is 7.56. The highest BCUT2D eigenvalue weighted by molar-refractivity contribution is 7.11. The van der Waals surface area contributed by atoms with Crippen LogP contribution in [0.5, 0.6) is 0 Å². The quantitative estimate of drug-likeness (QED) is 0.669. The third kappa shape index (κ3) is 3.77. The number of anilines is 1. The molecular formula is C19H13FN4OS. The number of nitrogens with zero attached hydrogens (tertiary/aromatic N) is 2. The molecule has 5 nitrogen and oxygen atoms in total. The van der Waals surface area contributed by atoms with Crippen molar-refractivity contribution >= 4 is 28.5 Å². The zero-order chi connectivity index (χ0) is 18.5. The first kappa shape index (κ1) is 17.3. The molecule has 3 rings (SSSR count). The second-order valence-corrected chi connectivity index (χ2v) is 6.13. The normalized spacial score (nSPS) is 11.0. The molecule has 0 fully saturated rings. The van der Waals surface area contributed by atoms with Gasteiger partial charge in [-0.15, -0.1) is 11.3 Å². The van der Waals surface area contributed by atoms with Crippen molar-refractivity contribution in [3.8, 4) is 17.3 Å². The lowest BCUT2D eigenvalue weighted by atomic mass is 10.1. The molecule has 0 saturated carbocycles. The van der Waals surface area contributed by atoms with E-state index in [1.54, 1.807) is 41.8 Å². The minimum absolute atomic E-state index is 0.308. The zero-order valence-corrected chi connectivity index (χ0v) is 14.3. The van der Waals surface area contributed by atoms with Crippen molar-refractivity contribution in [2.24, 2.45) is 5.73 Å². The summed E-state index contributed by atoms with van der Waals surface area (Å²) in [5.74, 6) is -0.882. The van der Waals surface area contributed by atoms with Gasteiger partial charge in [0.2, 0.25) is 0 Å². The van der Waals surface area contributed by atoms with Gasteiger partial charge in [-0.1, -0.05) is 12.1 Å². The van der Waals surface area contributed by atoms with E-state index in [4.69, 9.17) is 5.73 Å². The van der Waals surface area contributed by atoms with Gasteiger partial charge in [0.05, 0.1) is 16.9 Å². The van der Waals surface area contributed by atoms with Gasteiger partial charge >= 0.3 is 0 Å². The third-order valence-corrected chi connectivity index (χ3v) is 4.44. The Morgan fingerprint density at radius 2 is 1.96 bits per heavy atom. The lowest BCUT2D eigenvalue weighted by Crippen LogP contribution is -2.13. The summed E-state index contributed by atoms with van der Waals surface area (Å²) in [7, 11) is 0. The number of allylic oxidation sites excluding steroid dienone is 1. The van der Waals surface area contributed by atoms with E-state index >= 15 is 0 Å². The first-order valence-corrected chi connectivity index (χ1v) is 8.44. The molecule has 0 aliphatic rings. The Labute approximate surface area is 153 Å². The predicted molar refractivity (Wildman–Crippen MR) is 99.7 cm³/mol. The number of rotatable bonds is 5. The summed E-state index contributed by atoms with van der Waals surface area (Å²) in [6.07, 6.45) is 1.48. The molecule has 1 amide bonds. The van der Waals surface area contributed by atoms with Gasteiger partial charge in [-0.25, -0.2) is 9.37 Å². The van der Waals surface area contributed by atoms with Crippen molar-refractivity contribution in [3.63, 3.8) is 0 Å². The molecule has 1 heterocycles. The molecule has 3 N–H and O–H groups in total. The molecule has 2 aromatic carbocycles. The van der Waals surface area contributed by atoms with Gasteiger partial charge in [0, 0.05) is 17.1 Å². The molecule has 0 unspecified atom stereocenters. The van der Waals surface area contributed by atoms with Crippen LogP contribution in [0.2, 0.25) is 0 Å². The van der Waals surface area contributed by atoms with Crippen LogP contribution in [-0.4, -0.2) is 10.9 Å². The van der Waals surface area contributed by atoms with E-state index in [0.717, 1.165) is 5.56 Å². The van der Waals surface area contributed by atoms with E-state index in [1.807, 2.05) is 0 Å². The van der Waals surface area contributed by atoms with Gasteiger partial charge in [0.15, 0.2) is 0 Å². The molecule has 0 radical (unpaired) electrons. The topological polar surface area (TPSA) is 91.8 Å².